The first kappa shape index (κ1) is 15.2. The van der Waals surface area contributed by atoms with Gasteiger partial charge in [-0.05, 0) is 45.7 Å². The lowest BCUT2D eigenvalue weighted by molar-refractivity contribution is 0.0808. The molecule has 5 nitrogen and oxygen atoms in total. The molecular formula is C14H21ClN4O. The highest BCUT2D eigenvalue weighted by Crippen LogP contribution is 2.20. The molecule has 0 unspecified atom stereocenters. The van der Waals surface area contributed by atoms with Crippen molar-refractivity contribution in [1.82, 2.24) is 20.4 Å². The third-order valence-corrected chi connectivity index (χ3v) is 3.85. The summed E-state index contributed by atoms with van der Waals surface area (Å²) in [6.45, 7) is 8.65. The lowest BCUT2D eigenvalue weighted by Crippen LogP contribution is -2.50. The zero-order chi connectivity index (χ0) is 14.8. The Balaban J connectivity index is 1.86. The van der Waals surface area contributed by atoms with Crippen LogP contribution in [0.25, 0.3) is 0 Å². The van der Waals surface area contributed by atoms with E-state index < -0.39 is 0 Å². The Labute approximate surface area is 124 Å². The van der Waals surface area contributed by atoms with Crippen molar-refractivity contribution >= 4 is 17.5 Å². The number of hydrogen-bond donors (Lipinski definition) is 1. The number of aromatic nitrogens is 2. The van der Waals surface area contributed by atoms with E-state index in [9.17, 15) is 4.79 Å². The second-order valence-corrected chi connectivity index (χ2v) is 6.53. The summed E-state index contributed by atoms with van der Waals surface area (Å²) in [5.41, 5.74) is 0.504. The van der Waals surface area contributed by atoms with Crippen molar-refractivity contribution in [1.29, 1.82) is 0 Å². The van der Waals surface area contributed by atoms with Crippen molar-refractivity contribution in [3.63, 3.8) is 0 Å². The van der Waals surface area contributed by atoms with E-state index in [0.29, 0.717) is 10.8 Å². The van der Waals surface area contributed by atoms with Gasteiger partial charge < -0.3 is 5.32 Å². The largest absolute Gasteiger partial charge is 0.348 e. The Morgan fingerprint density at radius 2 is 1.95 bits per heavy atom. The first-order valence-corrected chi connectivity index (χ1v) is 7.29. The standard InChI is InChI=1S/C14H21ClN4O/c1-14(2,3)19-8-6-10(7-9-19)16-13(20)11-4-5-12(15)18-17-11/h4-5,10H,6-9H2,1-3H3,(H,16,20). The van der Waals surface area contributed by atoms with Gasteiger partial charge >= 0.3 is 0 Å². The summed E-state index contributed by atoms with van der Waals surface area (Å²) in [5.74, 6) is -0.177. The molecule has 0 atom stereocenters. The van der Waals surface area contributed by atoms with Crippen molar-refractivity contribution in [2.75, 3.05) is 13.1 Å². The summed E-state index contributed by atoms with van der Waals surface area (Å²) in [6, 6.07) is 3.37. The van der Waals surface area contributed by atoms with Crippen LogP contribution in [0.4, 0.5) is 0 Å². The molecule has 1 amide bonds. The molecule has 2 rings (SSSR count). The van der Waals surface area contributed by atoms with Crippen molar-refractivity contribution in [3.05, 3.63) is 23.0 Å². The number of nitrogens with zero attached hydrogens (tertiary/aromatic N) is 3. The predicted octanol–water partition coefficient (Wildman–Crippen LogP) is 2.12. The van der Waals surface area contributed by atoms with Crippen LogP contribution < -0.4 is 5.32 Å². The van der Waals surface area contributed by atoms with Gasteiger partial charge in [0.1, 0.15) is 0 Å². The fourth-order valence-corrected chi connectivity index (χ4v) is 2.49. The van der Waals surface area contributed by atoms with Gasteiger partial charge in [-0.1, -0.05) is 11.6 Å². The molecular weight excluding hydrogens is 276 g/mol. The van der Waals surface area contributed by atoms with Crippen LogP contribution in [0.1, 0.15) is 44.1 Å². The minimum atomic E-state index is -0.177. The van der Waals surface area contributed by atoms with E-state index in [-0.39, 0.29) is 17.5 Å². The molecule has 0 bridgehead atoms. The molecule has 1 N–H and O–H groups in total. The number of carbonyl (C=O) groups is 1. The van der Waals surface area contributed by atoms with Gasteiger partial charge in [-0.15, -0.1) is 10.2 Å². The average Bonchev–Trinajstić information content (AvgIpc) is 2.39. The van der Waals surface area contributed by atoms with E-state index in [1.807, 2.05) is 0 Å². The first-order valence-electron chi connectivity index (χ1n) is 6.91. The monoisotopic (exact) mass is 296 g/mol. The van der Waals surface area contributed by atoms with Crippen LogP contribution in [0.2, 0.25) is 5.15 Å². The van der Waals surface area contributed by atoms with Crippen molar-refractivity contribution in [2.45, 2.75) is 45.2 Å². The number of amides is 1. The topological polar surface area (TPSA) is 58.1 Å². The van der Waals surface area contributed by atoms with Gasteiger partial charge in [-0.2, -0.15) is 0 Å². The van der Waals surface area contributed by atoms with Gasteiger partial charge in [-0.25, -0.2) is 0 Å². The maximum absolute atomic E-state index is 12.0. The van der Waals surface area contributed by atoms with E-state index in [2.05, 4.69) is 41.2 Å². The van der Waals surface area contributed by atoms with Crippen molar-refractivity contribution in [2.24, 2.45) is 0 Å². The summed E-state index contributed by atoms with van der Waals surface area (Å²) in [6.07, 6.45) is 1.92. The summed E-state index contributed by atoms with van der Waals surface area (Å²) in [4.78, 5) is 14.5. The lowest BCUT2D eigenvalue weighted by atomic mass is 9.98. The van der Waals surface area contributed by atoms with Crippen molar-refractivity contribution in [3.8, 4) is 0 Å². The summed E-state index contributed by atoms with van der Waals surface area (Å²) >= 11 is 5.66. The molecule has 6 heteroatoms. The highest BCUT2D eigenvalue weighted by atomic mass is 35.5. The predicted molar refractivity (Wildman–Crippen MR) is 78.9 cm³/mol. The number of nitrogens with one attached hydrogen (secondary N) is 1. The van der Waals surface area contributed by atoms with Crippen LogP contribution in [0.5, 0.6) is 0 Å². The molecule has 0 spiro atoms. The van der Waals surface area contributed by atoms with Gasteiger partial charge in [-0.3, -0.25) is 9.69 Å². The van der Waals surface area contributed by atoms with Crippen LogP contribution >= 0.6 is 11.6 Å². The van der Waals surface area contributed by atoms with E-state index in [1.54, 1.807) is 12.1 Å². The van der Waals surface area contributed by atoms with Gasteiger partial charge in [0.25, 0.3) is 5.91 Å². The summed E-state index contributed by atoms with van der Waals surface area (Å²) in [7, 11) is 0. The highest BCUT2D eigenvalue weighted by Gasteiger charge is 2.27. The SMILES string of the molecule is CC(C)(C)N1CCC(NC(=O)c2ccc(Cl)nn2)CC1. The molecule has 1 fully saturated rings. The number of hydrogen-bond acceptors (Lipinski definition) is 4. The van der Waals surface area contributed by atoms with Crippen molar-refractivity contribution < 1.29 is 4.79 Å². The minimum absolute atomic E-state index is 0.177. The number of halogens is 1. The summed E-state index contributed by atoms with van der Waals surface area (Å²) < 4.78 is 0. The van der Waals surface area contributed by atoms with Crippen LogP contribution in [0.3, 0.4) is 0 Å². The Bertz CT molecular complexity index is 461. The number of rotatable bonds is 2. The number of carbonyl (C=O) groups excluding carboxylic acids is 1. The fraction of sp³-hybridized carbons (Fsp3) is 0.643. The fourth-order valence-electron chi connectivity index (χ4n) is 2.39. The van der Waals surface area contributed by atoms with Gasteiger partial charge in [0.05, 0.1) is 0 Å². The molecule has 0 radical (unpaired) electrons. The third kappa shape index (κ3) is 3.90. The second kappa shape index (κ2) is 6.06. The van der Waals surface area contributed by atoms with Crippen LogP contribution in [0, 0.1) is 0 Å². The van der Waals surface area contributed by atoms with Crippen LogP contribution in [-0.4, -0.2) is 45.7 Å². The van der Waals surface area contributed by atoms with Crippen LogP contribution in [-0.2, 0) is 0 Å². The Morgan fingerprint density at radius 1 is 1.30 bits per heavy atom. The molecule has 1 saturated heterocycles. The van der Waals surface area contributed by atoms with E-state index in [4.69, 9.17) is 11.6 Å². The normalized spacial score (nSPS) is 18.0. The first-order chi connectivity index (χ1) is 9.36. The van der Waals surface area contributed by atoms with Gasteiger partial charge in [0.2, 0.25) is 0 Å². The molecule has 1 aliphatic rings. The Morgan fingerprint density at radius 3 is 2.45 bits per heavy atom. The summed E-state index contributed by atoms with van der Waals surface area (Å²) in [5, 5.41) is 10.8. The molecule has 2 heterocycles. The molecule has 0 aliphatic carbocycles. The maximum atomic E-state index is 12.0. The minimum Gasteiger partial charge on any atom is -0.348 e. The number of piperidine rings is 1. The van der Waals surface area contributed by atoms with Gasteiger partial charge in [0.15, 0.2) is 10.8 Å². The molecule has 0 aromatic carbocycles. The highest BCUT2D eigenvalue weighted by molar-refractivity contribution is 6.29. The molecule has 20 heavy (non-hydrogen) atoms. The smallest absolute Gasteiger partial charge is 0.272 e. The number of likely N-dealkylation sites (tertiary alicyclic amines) is 1. The second-order valence-electron chi connectivity index (χ2n) is 6.15. The lowest BCUT2D eigenvalue weighted by Gasteiger charge is -2.40. The molecule has 1 aromatic heterocycles. The molecule has 0 saturated carbocycles. The maximum Gasteiger partial charge on any atom is 0.272 e. The Hall–Kier alpha value is -1.20. The van der Waals surface area contributed by atoms with E-state index in [1.165, 1.54) is 0 Å². The zero-order valence-corrected chi connectivity index (χ0v) is 12.9. The molecule has 1 aromatic rings. The molecule has 110 valence electrons. The average molecular weight is 297 g/mol. The van der Waals surface area contributed by atoms with Crippen LogP contribution in [0.15, 0.2) is 12.1 Å². The Kier molecular flexibility index (Phi) is 4.60. The van der Waals surface area contributed by atoms with Gasteiger partial charge in [0, 0.05) is 24.7 Å². The zero-order valence-electron chi connectivity index (χ0n) is 12.2. The molecule has 1 aliphatic heterocycles. The van der Waals surface area contributed by atoms with E-state index in [0.717, 1.165) is 25.9 Å². The third-order valence-electron chi connectivity index (χ3n) is 3.64. The van der Waals surface area contributed by atoms with E-state index >= 15 is 0 Å². The quantitative estimate of drug-likeness (QED) is 0.908.